The molecule has 0 aromatic rings. The first-order chi connectivity index (χ1) is 8.58. The van der Waals surface area contributed by atoms with Gasteiger partial charge in [0.05, 0.1) is 6.61 Å². The van der Waals surface area contributed by atoms with Crippen molar-refractivity contribution < 1.29 is 18.5 Å². The molecule has 19 heavy (non-hydrogen) atoms. The zero-order valence-corrected chi connectivity index (χ0v) is 13.7. The molecule has 0 aromatic heterocycles. The van der Waals surface area contributed by atoms with Gasteiger partial charge in [-0.05, 0) is 32.3 Å². The van der Waals surface area contributed by atoms with Crippen molar-refractivity contribution >= 4 is 15.9 Å². The number of esters is 1. The second-order valence-corrected chi connectivity index (χ2v) is 9.71. The first-order valence-corrected chi connectivity index (χ1v) is 9.13. The Morgan fingerprint density at radius 3 is 2.26 bits per heavy atom. The zero-order chi connectivity index (χ0) is 15.1. The summed E-state index contributed by atoms with van der Waals surface area (Å²) in [6.45, 7) is 10.4. The minimum atomic E-state index is -2.09. The fourth-order valence-electron chi connectivity index (χ4n) is 1.29. The van der Waals surface area contributed by atoms with Gasteiger partial charge in [0.25, 0.3) is 0 Å². The topological polar surface area (TPSA) is 52.6 Å². The van der Waals surface area contributed by atoms with E-state index in [1.807, 2.05) is 26.4 Å². The average Bonchev–Trinajstić information content (AvgIpc) is 2.25. The lowest BCUT2D eigenvalue weighted by Crippen LogP contribution is -2.36. The van der Waals surface area contributed by atoms with Gasteiger partial charge < -0.3 is 9.47 Å². The van der Waals surface area contributed by atoms with E-state index in [-0.39, 0.29) is 17.3 Å². The Kier molecular flexibility index (Phi) is 7.52. The van der Waals surface area contributed by atoms with E-state index in [0.717, 1.165) is 12.8 Å². The molecule has 0 unspecified atom stereocenters. The van der Waals surface area contributed by atoms with Crippen LogP contribution in [0.5, 0.6) is 0 Å². The Morgan fingerprint density at radius 1 is 1.21 bits per heavy atom. The van der Waals surface area contributed by atoms with E-state index in [4.69, 9.17) is 9.47 Å². The summed E-state index contributed by atoms with van der Waals surface area (Å²) < 4.78 is 22.2. The SMILES string of the molecule is C=C(C)C(=O)OCCOCCCC(C)(C)[SH](C)(C)=O. The highest BCUT2D eigenvalue weighted by atomic mass is 32.2. The monoisotopic (exact) mass is 292 g/mol. The van der Waals surface area contributed by atoms with Crippen molar-refractivity contribution in [3.8, 4) is 0 Å². The van der Waals surface area contributed by atoms with Crippen LogP contribution in [0.15, 0.2) is 12.2 Å². The predicted molar refractivity (Wildman–Crippen MR) is 81.3 cm³/mol. The van der Waals surface area contributed by atoms with Crippen LogP contribution in [0.2, 0.25) is 0 Å². The number of hydrogen-bond donors (Lipinski definition) is 1. The van der Waals surface area contributed by atoms with Crippen LogP contribution in [-0.4, -0.2) is 47.3 Å². The van der Waals surface area contributed by atoms with Crippen molar-refractivity contribution in [1.82, 2.24) is 0 Å². The third-order valence-corrected chi connectivity index (χ3v) is 6.48. The van der Waals surface area contributed by atoms with Crippen molar-refractivity contribution in [2.75, 3.05) is 32.3 Å². The maximum atomic E-state index is 12.0. The normalized spacial score (nSPS) is 13.1. The third kappa shape index (κ3) is 7.47. The molecule has 5 heteroatoms. The molecule has 0 aliphatic carbocycles. The number of hydrogen-bond acceptors (Lipinski definition) is 4. The minimum Gasteiger partial charge on any atom is -0.460 e. The molecule has 0 amide bonds. The van der Waals surface area contributed by atoms with Crippen molar-refractivity contribution in [2.45, 2.75) is 38.4 Å². The third-order valence-electron chi connectivity index (χ3n) is 3.34. The van der Waals surface area contributed by atoms with E-state index >= 15 is 0 Å². The molecule has 0 N–H and O–H groups in total. The van der Waals surface area contributed by atoms with Gasteiger partial charge in [0, 0.05) is 16.9 Å². The summed E-state index contributed by atoms with van der Waals surface area (Å²) in [6.07, 6.45) is 5.37. The van der Waals surface area contributed by atoms with Crippen LogP contribution in [-0.2, 0) is 24.2 Å². The summed E-state index contributed by atoms with van der Waals surface area (Å²) in [5.74, 6) is -0.386. The molecule has 0 spiro atoms. The lowest BCUT2D eigenvalue weighted by atomic mass is 10.1. The highest BCUT2D eigenvalue weighted by Crippen LogP contribution is 2.25. The molecule has 0 aliphatic rings. The Hall–Kier alpha value is -0.680. The Balaban J connectivity index is 3.65. The Morgan fingerprint density at radius 2 is 1.79 bits per heavy atom. The molecule has 0 bridgehead atoms. The number of carbonyl (C=O) groups is 1. The van der Waals surface area contributed by atoms with E-state index in [1.165, 1.54) is 0 Å². The van der Waals surface area contributed by atoms with Crippen LogP contribution in [0.4, 0.5) is 0 Å². The second-order valence-electron chi connectivity index (χ2n) is 5.80. The highest BCUT2D eigenvalue weighted by Gasteiger charge is 2.26. The summed E-state index contributed by atoms with van der Waals surface area (Å²) in [5.41, 5.74) is 0.392. The average molecular weight is 292 g/mol. The van der Waals surface area contributed by atoms with Gasteiger partial charge >= 0.3 is 5.97 Å². The van der Waals surface area contributed by atoms with Gasteiger partial charge in [-0.2, -0.15) is 0 Å². The molecular formula is C14H28O4S. The van der Waals surface area contributed by atoms with E-state index in [1.54, 1.807) is 6.92 Å². The van der Waals surface area contributed by atoms with E-state index in [2.05, 4.69) is 6.58 Å². The summed E-state index contributed by atoms with van der Waals surface area (Å²) in [4.78, 5) is 11.1. The van der Waals surface area contributed by atoms with Gasteiger partial charge in [0.2, 0.25) is 0 Å². The number of thiol groups is 1. The van der Waals surface area contributed by atoms with Crippen LogP contribution in [0.3, 0.4) is 0 Å². The van der Waals surface area contributed by atoms with Crippen LogP contribution in [0, 0.1) is 0 Å². The van der Waals surface area contributed by atoms with Crippen LogP contribution in [0.25, 0.3) is 0 Å². The highest BCUT2D eigenvalue weighted by molar-refractivity contribution is 8.02. The maximum Gasteiger partial charge on any atom is 0.333 e. The molecule has 0 radical (unpaired) electrons. The molecule has 0 saturated heterocycles. The largest absolute Gasteiger partial charge is 0.460 e. The fourth-order valence-corrected chi connectivity index (χ4v) is 1.99. The molecule has 0 fully saturated rings. The standard InChI is InChI=1S/C14H28O4S/c1-12(2)13(15)18-11-10-17-9-7-8-14(3,4)19(5,6)16/h19H,1,7-11H2,2-6H3. The zero-order valence-electron chi connectivity index (χ0n) is 12.8. The van der Waals surface area contributed by atoms with Gasteiger partial charge in [-0.3, -0.25) is 4.21 Å². The van der Waals surface area contributed by atoms with Crippen molar-refractivity contribution in [3.63, 3.8) is 0 Å². The van der Waals surface area contributed by atoms with Crippen molar-refractivity contribution in [2.24, 2.45) is 0 Å². The molecule has 114 valence electrons. The minimum absolute atomic E-state index is 0.150. The number of carbonyl (C=O) groups excluding carboxylic acids is 1. The lowest BCUT2D eigenvalue weighted by Gasteiger charge is -2.33. The van der Waals surface area contributed by atoms with Crippen LogP contribution in [0.1, 0.15) is 33.6 Å². The summed E-state index contributed by atoms with van der Waals surface area (Å²) >= 11 is 0. The van der Waals surface area contributed by atoms with Crippen LogP contribution < -0.4 is 0 Å². The summed E-state index contributed by atoms with van der Waals surface area (Å²) in [5, 5.41) is 0. The van der Waals surface area contributed by atoms with Crippen LogP contribution >= 0.6 is 0 Å². The fraction of sp³-hybridized carbons (Fsp3) is 0.786. The molecule has 0 rings (SSSR count). The van der Waals surface area contributed by atoms with Gasteiger partial charge in [0.1, 0.15) is 6.61 Å². The van der Waals surface area contributed by atoms with Gasteiger partial charge in [-0.25, -0.2) is 4.79 Å². The van der Waals surface area contributed by atoms with E-state index in [0.29, 0.717) is 18.8 Å². The van der Waals surface area contributed by atoms with E-state index < -0.39 is 9.93 Å². The number of ether oxygens (including phenoxy) is 2. The maximum absolute atomic E-state index is 12.0. The Bertz CT molecular complexity index is 354. The molecule has 0 aliphatic heterocycles. The first-order valence-electron chi connectivity index (χ1n) is 6.53. The molecule has 4 nitrogen and oxygen atoms in total. The molecule has 0 aromatic carbocycles. The number of rotatable bonds is 9. The molecule has 0 saturated carbocycles. The lowest BCUT2D eigenvalue weighted by molar-refractivity contribution is -0.140. The predicted octanol–water partition coefficient (Wildman–Crippen LogP) is 1.96. The smallest absolute Gasteiger partial charge is 0.333 e. The quantitative estimate of drug-likeness (QED) is 0.305. The Labute approximate surface area is 118 Å². The molecular weight excluding hydrogens is 264 g/mol. The van der Waals surface area contributed by atoms with Gasteiger partial charge in [-0.1, -0.05) is 20.4 Å². The molecule has 0 atom stereocenters. The van der Waals surface area contributed by atoms with Crippen molar-refractivity contribution in [3.05, 3.63) is 12.2 Å². The first kappa shape index (κ1) is 18.3. The molecule has 0 heterocycles. The summed E-state index contributed by atoms with van der Waals surface area (Å²) in [7, 11) is -2.09. The van der Waals surface area contributed by atoms with Gasteiger partial charge in [-0.15, -0.1) is 9.93 Å². The second kappa shape index (κ2) is 7.80. The van der Waals surface area contributed by atoms with E-state index in [9.17, 15) is 9.00 Å². The van der Waals surface area contributed by atoms with Gasteiger partial charge in [0.15, 0.2) is 0 Å². The summed E-state index contributed by atoms with van der Waals surface area (Å²) in [6, 6.07) is 0. The van der Waals surface area contributed by atoms with Crippen molar-refractivity contribution in [1.29, 1.82) is 0 Å².